The van der Waals surface area contributed by atoms with E-state index >= 15 is 0 Å². The van der Waals surface area contributed by atoms with Gasteiger partial charge in [0.25, 0.3) is 0 Å². The van der Waals surface area contributed by atoms with Gasteiger partial charge in [-0.1, -0.05) is 13.8 Å². The Morgan fingerprint density at radius 2 is 2.11 bits per heavy atom. The van der Waals surface area contributed by atoms with Crippen molar-refractivity contribution in [2.24, 2.45) is 0 Å². The molecule has 18 heavy (non-hydrogen) atoms. The fourth-order valence-electron chi connectivity index (χ4n) is 2.85. The Bertz CT molecular complexity index is 367. The normalized spacial score (nSPS) is 20.2. The third-order valence-corrected chi connectivity index (χ3v) is 4.96. The van der Waals surface area contributed by atoms with Crippen LogP contribution in [0.1, 0.15) is 43.8 Å². The molecule has 1 aromatic rings. The van der Waals surface area contributed by atoms with Crippen molar-refractivity contribution in [2.45, 2.75) is 45.6 Å². The van der Waals surface area contributed by atoms with Crippen LogP contribution in [0.25, 0.3) is 0 Å². The highest BCUT2D eigenvalue weighted by Crippen LogP contribution is 2.34. The molecule has 0 spiro atoms. The van der Waals surface area contributed by atoms with Crippen LogP contribution in [-0.2, 0) is 5.54 Å². The van der Waals surface area contributed by atoms with Crippen LogP contribution in [0.4, 0.5) is 0 Å². The number of hydrogen-bond donors (Lipinski definition) is 1. The summed E-state index contributed by atoms with van der Waals surface area (Å²) in [6, 6.07) is 0. The fraction of sp³-hybridized carbons (Fsp3) is 0.786. The highest BCUT2D eigenvalue weighted by molar-refractivity contribution is 7.09. The van der Waals surface area contributed by atoms with Crippen molar-refractivity contribution in [3.05, 3.63) is 16.1 Å². The zero-order valence-electron chi connectivity index (χ0n) is 11.8. The molecule has 0 unspecified atom stereocenters. The van der Waals surface area contributed by atoms with E-state index in [1.165, 1.54) is 43.9 Å². The highest BCUT2D eigenvalue weighted by Gasteiger charge is 2.37. The maximum absolute atomic E-state index is 4.73. The molecule has 0 bridgehead atoms. The lowest BCUT2D eigenvalue weighted by Crippen LogP contribution is -2.51. The minimum absolute atomic E-state index is 0.137. The minimum atomic E-state index is 0.137. The lowest BCUT2D eigenvalue weighted by Gasteiger charge is -2.41. The van der Waals surface area contributed by atoms with Crippen molar-refractivity contribution in [2.75, 3.05) is 26.2 Å². The molecule has 0 atom stereocenters. The van der Waals surface area contributed by atoms with E-state index in [-0.39, 0.29) is 5.54 Å². The number of thiazole rings is 1. The molecular weight excluding hydrogens is 242 g/mol. The van der Waals surface area contributed by atoms with Gasteiger partial charge in [-0.3, -0.25) is 0 Å². The molecule has 2 heterocycles. The number of nitrogens with one attached hydrogen (secondary N) is 1. The summed E-state index contributed by atoms with van der Waals surface area (Å²) >= 11 is 1.82. The van der Waals surface area contributed by atoms with Crippen molar-refractivity contribution in [3.8, 4) is 0 Å². The predicted octanol–water partition coefficient (Wildman–Crippen LogP) is 2.76. The number of nitrogens with zero attached hydrogens (tertiary/aromatic N) is 2. The van der Waals surface area contributed by atoms with Gasteiger partial charge in [-0.15, -0.1) is 11.3 Å². The Balaban J connectivity index is 2.10. The number of aryl methyl sites for hydroxylation is 1. The first-order valence-electron chi connectivity index (χ1n) is 7.10. The van der Waals surface area contributed by atoms with Gasteiger partial charge in [0.2, 0.25) is 0 Å². The zero-order chi connectivity index (χ0) is 13.0. The van der Waals surface area contributed by atoms with Gasteiger partial charge in [-0.2, -0.15) is 0 Å². The smallest absolute Gasteiger partial charge is 0.113 e. The predicted molar refractivity (Wildman–Crippen MR) is 78.2 cm³/mol. The van der Waals surface area contributed by atoms with Crippen LogP contribution in [-0.4, -0.2) is 36.1 Å². The largest absolute Gasteiger partial charge is 0.306 e. The first kappa shape index (κ1) is 14.0. The van der Waals surface area contributed by atoms with Crippen LogP contribution in [0.3, 0.4) is 0 Å². The maximum atomic E-state index is 4.73. The molecule has 0 aromatic carbocycles. The average Bonchev–Trinajstić information content (AvgIpc) is 2.80. The molecule has 1 aromatic heterocycles. The molecule has 4 heteroatoms. The van der Waals surface area contributed by atoms with Crippen molar-refractivity contribution < 1.29 is 0 Å². The van der Waals surface area contributed by atoms with E-state index in [1.807, 2.05) is 11.3 Å². The van der Waals surface area contributed by atoms with Crippen LogP contribution in [0.2, 0.25) is 0 Å². The summed E-state index contributed by atoms with van der Waals surface area (Å²) in [7, 11) is 0. The SMILES string of the molecule is CCCN1CCC(NCC)(c2nc(C)cs2)CC1. The molecule has 1 N–H and O–H groups in total. The number of likely N-dealkylation sites (tertiary alicyclic amines) is 1. The number of rotatable bonds is 5. The minimum Gasteiger partial charge on any atom is -0.306 e. The third-order valence-electron chi connectivity index (χ3n) is 3.79. The van der Waals surface area contributed by atoms with E-state index in [4.69, 9.17) is 4.98 Å². The number of hydrogen-bond acceptors (Lipinski definition) is 4. The highest BCUT2D eigenvalue weighted by atomic mass is 32.1. The second-order valence-electron chi connectivity index (χ2n) is 5.25. The molecule has 2 rings (SSSR count). The monoisotopic (exact) mass is 267 g/mol. The van der Waals surface area contributed by atoms with E-state index < -0.39 is 0 Å². The summed E-state index contributed by atoms with van der Waals surface area (Å²) in [4.78, 5) is 7.31. The Hall–Kier alpha value is -0.450. The van der Waals surface area contributed by atoms with Crippen molar-refractivity contribution in [1.29, 1.82) is 0 Å². The molecule has 3 nitrogen and oxygen atoms in total. The first-order chi connectivity index (χ1) is 8.70. The summed E-state index contributed by atoms with van der Waals surface area (Å²) in [6.45, 7) is 11.2. The van der Waals surface area contributed by atoms with Gasteiger partial charge in [-0.25, -0.2) is 4.98 Å². The molecule has 1 saturated heterocycles. The van der Waals surface area contributed by atoms with Crippen LogP contribution in [0.15, 0.2) is 5.38 Å². The molecule has 0 aliphatic carbocycles. The van der Waals surface area contributed by atoms with Crippen molar-refractivity contribution in [3.63, 3.8) is 0 Å². The first-order valence-corrected chi connectivity index (χ1v) is 7.98. The molecular formula is C14H25N3S. The van der Waals surface area contributed by atoms with E-state index in [0.717, 1.165) is 12.2 Å². The van der Waals surface area contributed by atoms with E-state index in [0.29, 0.717) is 0 Å². The van der Waals surface area contributed by atoms with Crippen molar-refractivity contribution >= 4 is 11.3 Å². The Labute approximate surface area is 115 Å². The Morgan fingerprint density at radius 3 is 2.61 bits per heavy atom. The second kappa shape index (κ2) is 6.13. The van der Waals surface area contributed by atoms with Crippen LogP contribution < -0.4 is 5.32 Å². The van der Waals surface area contributed by atoms with E-state index in [2.05, 4.69) is 36.4 Å². The second-order valence-corrected chi connectivity index (χ2v) is 6.11. The standard InChI is InChI=1S/C14H25N3S/c1-4-8-17-9-6-14(7-10-17,15-5-2)13-16-12(3)11-18-13/h11,15H,4-10H2,1-3H3. The molecule has 102 valence electrons. The quantitative estimate of drug-likeness (QED) is 0.889. The summed E-state index contributed by atoms with van der Waals surface area (Å²) in [6.07, 6.45) is 3.63. The van der Waals surface area contributed by atoms with Gasteiger partial charge >= 0.3 is 0 Å². The molecule has 1 fully saturated rings. The zero-order valence-corrected chi connectivity index (χ0v) is 12.6. The third kappa shape index (κ3) is 2.92. The van der Waals surface area contributed by atoms with E-state index in [1.54, 1.807) is 0 Å². The number of piperidine rings is 1. The summed E-state index contributed by atoms with van der Waals surface area (Å²) in [5.74, 6) is 0. The van der Waals surface area contributed by atoms with Crippen LogP contribution >= 0.6 is 11.3 Å². The van der Waals surface area contributed by atoms with Gasteiger partial charge in [-0.05, 0) is 39.3 Å². The molecule has 1 aliphatic heterocycles. The molecule has 0 amide bonds. The van der Waals surface area contributed by atoms with Gasteiger partial charge in [0.15, 0.2) is 0 Å². The lowest BCUT2D eigenvalue weighted by molar-refractivity contribution is 0.135. The molecule has 1 aliphatic rings. The topological polar surface area (TPSA) is 28.2 Å². The molecule has 0 saturated carbocycles. The van der Waals surface area contributed by atoms with Crippen LogP contribution in [0.5, 0.6) is 0 Å². The lowest BCUT2D eigenvalue weighted by atomic mass is 9.87. The summed E-state index contributed by atoms with van der Waals surface area (Å²) in [5, 5.41) is 7.17. The number of aromatic nitrogens is 1. The fourth-order valence-corrected chi connectivity index (χ4v) is 3.89. The summed E-state index contributed by atoms with van der Waals surface area (Å²) < 4.78 is 0. The average molecular weight is 267 g/mol. The van der Waals surface area contributed by atoms with Gasteiger partial charge in [0.1, 0.15) is 5.01 Å². The van der Waals surface area contributed by atoms with Gasteiger partial charge in [0.05, 0.1) is 5.54 Å². The Kier molecular flexibility index (Phi) is 4.76. The van der Waals surface area contributed by atoms with Crippen LogP contribution in [0, 0.1) is 6.92 Å². The van der Waals surface area contributed by atoms with Gasteiger partial charge in [0, 0.05) is 24.2 Å². The molecule has 0 radical (unpaired) electrons. The van der Waals surface area contributed by atoms with E-state index in [9.17, 15) is 0 Å². The van der Waals surface area contributed by atoms with Crippen molar-refractivity contribution in [1.82, 2.24) is 15.2 Å². The Morgan fingerprint density at radius 1 is 1.39 bits per heavy atom. The maximum Gasteiger partial charge on any atom is 0.113 e. The van der Waals surface area contributed by atoms with Gasteiger partial charge < -0.3 is 10.2 Å². The summed E-state index contributed by atoms with van der Waals surface area (Å²) in [5.41, 5.74) is 1.29.